The second kappa shape index (κ2) is 6.61. The van der Waals surface area contributed by atoms with Crippen LogP contribution in [0.5, 0.6) is 0 Å². The molecule has 2 aromatic rings. The minimum Gasteiger partial charge on any atom is -0.326 e. The molecule has 0 aromatic heterocycles. The maximum Gasteiger partial charge on any atom is 0.100 e. The summed E-state index contributed by atoms with van der Waals surface area (Å²) in [7, 11) is 0. The Labute approximate surface area is 112 Å². The molecule has 0 spiro atoms. The van der Waals surface area contributed by atoms with Crippen molar-refractivity contribution in [3.63, 3.8) is 0 Å². The standard InChI is InChI=1S/C15H16N4/c16-9-12-1-5-14(6-2-12)18-11-19-15-7-3-13(10-17)4-8-15/h1-8H,9-10,16-17H2. The number of benzene rings is 2. The zero-order valence-electron chi connectivity index (χ0n) is 10.6. The molecule has 0 saturated heterocycles. The molecule has 0 atom stereocenters. The maximum atomic E-state index is 5.53. The van der Waals surface area contributed by atoms with Crippen molar-refractivity contribution >= 4 is 17.4 Å². The van der Waals surface area contributed by atoms with E-state index >= 15 is 0 Å². The Balaban J connectivity index is 2.09. The van der Waals surface area contributed by atoms with Crippen LogP contribution in [0.1, 0.15) is 11.1 Å². The van der Waals surface area contributed by atoms with Crippen molar-refractivity contribution in [3.05, 3.63) is 59.7 Å². The normalized spacial score (nSPS) is 9.79. The average molecular weight is 252 g/mol. The lowest BCUT2D eigenvalue weighted by molar-refractivity contribution is 1.07. The van der Waals surface area contributed by atoms with Crippen LogP contribution in [-0.4, -0.2) is 6.01 Å². The molecule has 0 heterocycles. The molecule has 2 aromatic carbocycles. The van der Waals surface area contributed by atoms with Gasteiger partial charge in [0.2, 0.25) is 0 Å². The first-order valence-corrected chi connectivity index (χ1v) is 6.06. The fourth-order valence-electron chi connectivity index (χ4n) is 1.55. The summed E-state index contributed by atoms with van der Waals surface area (Å²) in [5.41, 5.74) is 14.8. The van der Waals surface area contributed by atoms with Crippen LogP contribution in [0.4, 0.5) is 11.4 Å². The van der Waals surface area contributed by atoms with Crippen molar-refractivity contribution in [2.75, 3.05) is 0 Å². The summed E-state index contributed by atoms with van der Waals surface area (Å²) in [5, 5.41) is 0. The Bertz CT molecular complexity index is 527. The highest BCUT2D eigenvalue weighted by atomic mass is 14.8. The molecule has 0 bridgehead atoms. The van der Waals surface area contributed by atoms with E-state index < -0.39 is 0 Å². The van der Waals surface area contributed by atoms with E-state index in [-0.39, 0.29) is 0 Å². The summed E-state index contributed by atoms with van der Waals surface area (Å²) >= 11 is 0. The lowest BCUT2D eigenvalue weighted by atomic mass is 10.2. The summed E-state index contributed by atoms with van der Waals surface area (Å²) in [6.45, 7) is 1.07. The third kappa shape index (κ3) is 3.86. The maximum absolute atomic E-state index is 5.53. The van der Waals surface area contributed by atoms with Gasteiger partial charge in [0.15, 0.2) is 0 Å². The molecule has 0 unspecified atom stereocenters. The second-order valence-electron chi connectivity index (χ2n) is 4.06. The zero-order chi connectivity index (χ0) is 13.5. The van der Waals surface area contributed by atoms with Gasteiger partial charge in [0.05, 0.1) is 11.4 Å². The Kier molecular flexibility index (Phi) is 4.59. The first-order chi connectivity index (χ1) is 9.31. The Morgan fingerprint density at radius 2 is 1.05 bits per heavy atom. The molecule has 4 nitrogen and oxygen atoms in total. The van der Waals surface area contributed by atoms with Gasteiger partial charge in [-0.25, -0.2) is 0 Å². The number of aliphatic imine (C=N–C) groups is 2. The number of hydrogen-bond acceptors (Lipinski definition) is 4. The number of nitrogens with zero attached hydrogens (tertiary/aromatic N) is 2. The van der Waals surface area contributed by atoms with E-state index in [4.69, 9.17) is 11.5 Å². The third-order valence-corrected chi connectivity index (χ3v) is 2.70. The van der Waals surface area contributed by atoms with Crippen LogP contribution in [-0.2, 0) is 13.1 Å². The van der Waals surface area contributed by atoms with Crippen LogP contribution < -0.4 is 11.5 Å². The SMILES string of the molecule is NCc1ccc(N=C=Nc2ccc(CN)cc2)cc1. The molecular weight excluding hydrogens is 236 g/mol. The first-order valence-electron chi connectivity index (χ1n) is 6.06. The molecule has 0 radical (unpaired) electrons. The van der Waals surface area contributed by atoms with Crippen LogP contribution in [0, 0.1) is 0 Å². The van der Waals surface area contributed by atoms with Gasteiger partial charge in [0, 0.05) is 13.1 Å². The van der Waals surface area contributed by atoms with Crippen molar-refractivity contribution < 1.29 is 0 Å². The van der Waals surface area contributed by atoms with E-state index in [2.05, 4.69) is 16.0 Å². The Morgan fingerprint density at radius 3 is 1.37 bits per heavy atom. The van der Waals surface area contributed by atoms with Gasteiger partial charge in [-0.15, -0.1) is 0 Å². The second-order valence-corrected chi connectivity index (χ2v) is 4.06. The fraction of sp³-hybridized carbons (Fsp3) is 0.133. The smallest absolute Gasteiger partial charge is 0.100 e. The van der Waals surface area contributed by atoms with Gasteiger partial charge in [-0.1, -0.05) is 24.3 Å². The van der Waals surface area contributed by atoms with E-state index in [9.17, 15) is 0 Å². The van der Waals surface area contributed by atoms with Crippen molar-refractivity contribution in [3.8, 4) is 0 Å². The van der Waals surface area contributed by atoms with Crippen molar-refractivity contribution in [2.45, 2.75) is 13.1 Å². The summed E-state index contributed by atoms with van der Waals surface area (Å²) in [4.78, 5) is 8.27. The first kappa shape index (κ1) is 13.2. The number of rotatable bonds is 4. The largest absolute Gasteiger partial charge is 0.326 e. The molecule has 96 valence electrons. The molecule has 2 rings (SSSR count). The van der Waals surface area contributed by atoms with Gasteiger partial charge >= 0.3 is 0 Å². The summed E-state index contributed by atoms with van der Waals surface area (Å²) in [5.74, 6) is 0. The van der Waals surface area contributed by atoms with Crippen LogP contribution in [0.25, 0.3) is 0 Å². The van der Waals surface area contributed by atoms with Crippen LogP contribution in [0.3, 0.4) is 0 Å². The average Bonchev–Trinajstić information content (AvgIpc) is 2.49. The molecule has 4 heteroatoms. The van der Waals surface area contributed by atoms with Crippen molar-refractivity contribution in [2.24, 2.45) is 21.5 Å². The van der Waals surface area contributed by atoms with Gasteiger partial charge in [-0.2, -0.15) is 9.98 Å². The lowest BCUT2D eigenvalue weighted by Gasteiger charge is -1.96. The predicted molar refractivity (Wildman–Crippen MR) is 77.8 cm³/mol. The summed E-state index contributed by atoms with van der Waals surface area (Å²) < 4.78 is 0. The van der Waals surface area contributed by atoms with E-state index in [1.807, 2.05) is 48.5 Å². The van der Waals surface area contributed by atoms with Gasteiger partial charge in [0.1, 0.15) is 6.01 Å². The lowest BCUT2D eigenvalue weighted by Crippen LogP contribution is -1.94. The highest BCUT2D eigenvalue weighted by molar-refractivity contribution is 5.57. The van der Waals surface area contributed by atoms with Crippen LogP contribution >= 0.6 is 0 Å². The molecule has 19 heavy (non-hydrogen) atoms. The van der Waals surface area contributed by atoms with E-state index in [0.29, 0.717) is 13.1 Å². The minimum atomic E-state index is 0.533. The highest BCUT2D eigenvalue weighted by Crippen LogP contribution is 2.14. The van der Waals surface area contributed by atoms with E-state index in [1.165, 1.54) is 0 Å². The molecule has 0 amide bonds. The Hall–Kier alpha value is -2.26. The molecular formula is C15H16N4. The third-order valence-electron chi connectivity index (χ3n) is 2.70. The van der Waals surface area contributed by atoms with Crippen molar-refractivity contribution in [1.82, 2.24) is 0 Å². The fourth-order valence-corrected chi connectivity index (χ4v) is 1.55. The molecule has 0 fully saturated rings. The topological polar surface area (TPSA) is 76.8 Å². The summed E-state index contributed by atoms with van der Waals surface area (Å²) in [6.07, 6.45) is 0. The Morgan fingerprint density at radius 1 is 0.684 bits per heavy atom. The van der Waals surface area contributed by atoms with E-state index in [1.54, 1.807) is 0 Å². The van der Waals surface area contributed by atoms with Gasteiger partial charge in [-0.3, -0.25) is 0 Å². The summed E-state index contributed by atoms with van der Waals surface area (Å²) in [6, 6.07) is 18.0. The molecule has 0 saturated carbocycles. The zero-order valence-corrected chi connectivity index (χ0v) is 10.6. The monoisotopic (exact) mass is 252 g/mol. The van der Waals surface area contributed by atoms with Crippen LogP contribution in [0.2, 0.25) is 0 Å². The molecule has 0 aliphatic heterocycles. The van der Waals surface area contributed by atoms with E-state index in [0.717, 1.165) is 22.5 Å². The molecule has 0 aliphatic rings. The quantitative estimate of drug-likeness (QED) is 0.821. The van der Waals surface area contributed by atoms with Gasteiger partial charge in [0.25, 0.3) is 0 Å². The molecule has 4 N–H and O–H groups in total. The van der Waals surface area contributed by atoms with Crippen LogP contribution in [0.15, 0.2) is 58.5 Å². The van der Waals surface area contributed by atoms with Gasteiger partial charge in [-0.05, 0) is 35.4 Å². The predicted octanol–water partition coefficient (Wildman–Crippen LogP) is 2.74. The highest BCUT2D eigenvalue weighted by Gasteiger charge is 1.91. The molecule has 0 aliphatic carbocycles. The number of hydrogen-bond donors (Lipinski definition) is 2. The van der Waals surface area contributed by atoms with Gasteiger partial charge < -0.3 is 11.5 Å². The van der Waals surface area contributed by atoms with Crippen molar-refractivity contribution in [1.29, 1.82) is 0 Å². The minimum absolute atomic E-state index is 0.533. The number of nitrogens with two attached hydrogens (primary N) is 2.